The van der Waals surface area contributed by atoms with Crippen LogP contribution in [0.15, 0.2) is 18.2 Å². The minimum atomic E-state index is -4.60. The van der Waals surface area contributed by atoms with Gasteiger partial charge in [0, 0.05) is 5.56 Å². The van der Waals surface area contributed by atoms with Crippen LogP contribution in [0.25, 0.3) is 0 Å². The zero-order chi connectivity index (χ0) is 13.9. The van der Waals surface area contributed by atoms with Crippen LogP contribution < -0.4 is 0 Å². The number of aliphatic hydroxyl groups is 2. The number of hydrogen-bond donors (Lipinski definition) is 2. The Hall–Kier alpha value is -1.11. The number of benzene rings is 1. The van der Waals surface area contributed by atoms with Gasteiger partial charge in [-0.3, -0.25) is 4.79 Å². The van der Waals surface area contributed by atoms with Crippen LogP contribution in [0.5, 0.6) is 0 Å². The van der Waals surface area contributed by atoms with Crippen molar-refractivity contribution in [1.82, 2.24) is 0 Å². The molecular weight excluding hydrogens is 273 g/mol. The first-order valence-corrected chi connectivity index (χ1v) is 5.43. The van der Waals surface area contributed by atoms with Crippen molar-refractivity contribution >= 4 is 17.9 Å². The Morgan fingerprint density at radius 2 is 1.94 bits per heavy atom. The molecular formula is C11H10ClF3O3. The van der Waals surface area contributed by atoms with E-state index in [0.717, 1.165) is 12.1 Å². The summed E-state index contributed by atoms with van der Waals surface area (Å²) in [6.07, 6.45) is -7.39. The van der Waals surface area contributed by atoms with E-state index >= 15 is 0 Å². The number of aliphatic hydroxyl groups excluding tert-OH is 2. The van der Waals surface area contributed by atoms with E-state index in [9.17, 15) is 28.2 Å². The molecule has 100 valence electrons. The molecule has 0 aromatic heterocycles. The second-order valence-corrected chi connectivity index (χ2v) is 3.93. The van der Waals surface area contributed by atoms with E-state index in [0.29, 0.717) is 12.4 Å². The van der Waals surface area contributed by atoms with Crippen molar-refractivity contribution in [3.63, 3.8) is 0 Å². The van der Waals surface area contributed by atoms with Crippen molar-refractivity contribution in [2.75, 3.05) is 5.88 Å². The number of aldehydes is 1. The Morgan fingerprint density at radius 3 is 2.39 bits per heavy atom. The fourth-order valence-corrected chi connectivity index (χ4v) is 1.57. The van der Waals surface area contributed by atoms with Gasteiger partial charge in [0.2, 0.25) is 0 Å². The van der Waals surface area contributed by atoms with Gasteiger partial charge in [-0.2, -0.15) is 13.2 Å². The normalized spacial score (nSPS) is 15.2. The van der Waals surface area contributed by atoms with Gasteiger partial charge in [0.05, 0.1) is 17.5 Å². The summed E-state index contributed by atoms with van der Waals surface area (Å²) in [7, 11) is 0. The van der Waals surface area contributed by atoms with Crippen molar-refractivity contribution in [2.24, 2.45) is 0 Å². The zero-order valence-electron chi connectivity index (χ0n) is 8.99. The molecule has 0 saturated carbocycles. The highest BCUT2D eigenvalue weighted by Crippen LogP contribution is 2.32. The van der Waals surface area contributed by atoms with Gasteiger partial charge in [-0.1, -0.05) is 6.07 Å². The largest absolute Gasteiger partial charge is 0.416 e. The van der Waals surface area contributed by atoms with E-state index in [1.165, 1.54) is 0 Å². The summed E-state index contributed by atoms with van der Waals surface area (Å²) in [5, 5.41) is 18.9. The lowest BCUT2D eigenvalue weighted by molar-refractivity contribution is -0.137. The first kappa shape index (κ1) is 14.9. The molecule has 0 amide bonds. The molecule has 0 bridgehead atoms. The van der Waals surface area contributed by atoms with Crippen LogP contribution in [-0.4, -0.2) is 28.5 Å². The lowest BCUT2D eigenvalue weighted by Gasteiger charge is -2.19. The number of carbonyl (C=O) groups is 1. The van der Waals surface area contributed by atoms with Gasteiger partial charge in [-0.15, -0.1) is 11.6 Å². The maximum absolute atomic E-state index is 12.5. The van der Waals surface area contributed by atoms with E-state index in [-0.39, 0.29) is 17.0 Å². The van der Waals surface area contributed by atoms with E-state index in [1.807, 2.05) is 0 Å². The fraction of sp³-hybridized carbons (Fsp3) is 0.364. The third-order valence-electron chi connectivity index (χ3n) is 2.38. The number of carbonyl (C=O) groups excluding carboxylic acids is 1. The van der Waals surface area contributed by atoms with Gasteiger partial charge < -0.3 is 10.2 Å². The predicted molar refractivity (Wildman–Crippen MR) is 58.5 cm³/mol. The van der Waals surface area contributed by atoms with Crippen LogP contribution in [0.2, 0.25) is 0 Å². The van der Waals surface area contributed by atoms with Crippen LogP contribution >= 0.6 is 11.6 Å². The Balaban J connectivity index is 3.26. The Kier molecular flexibility index (Phi) is 4.72. The third-order valence-corrected chi connectivity index (χ3v) is 2.70. The van der Waals surface area contributed by atoms with E-state index in [2.05, 4.69) is 0 Å². The molecule has 0 aliphatic carbocycles. The number of rotatable bonds is 4. The smallest absolute Gasteiger partial charge is 0.389 e. The summed E-state index contributed by atoms with van der Waals surface area (Å²) < 4.78 is 37.5. The van der Waals surface area contributed by atoms with Crippen LogP contribution in [-0.2, 0) is 6.18 Å². The van der Waals surface area contributed by atoms with Gasteiger partial charge in [0.1, 0.15) is 12.4 Å². The summed E-state index contributed by atoms with van der Waals surface area (Å²) in [4.78, 5) is 10.7. The summed E-state index contributed by atoms with van der Waals surface area (Å²) in [6.45, 7) is 0. The molecule has 0 heterocycles. The minimum absolute atomic E-state index is 0.125. The van der Waals surface area contributed by atoms with E-state index in [4.69, 9.17) is 11.6 Å². The van der Waals surface area contributed by atoms with Crippen molar-refractivity contribution in [1.29, 1.82) is 0 Å². The molecule has 0 spiro atoms. The van der Waals surface area contributed by atoms with Gasteiger partial charge in [0.15, 0.2) is 0 Å². The molecule has 2 N–H and O–H groups in total. The summed E-state index contributed by atoms with van der Waals surface area (Å²) in [5.41, 5.74) is -1.43. The highest BCUT2D eigenvalue weighted by atomic mass is 35.5. The standard InChI is InChI=1S/C11H10ClF3O3/c12-4-9(17)10(18)8-3-7(11(13,14)15)2-1-6(8)5-16/h1-3,5,9-10,17-18H,4H2. The molecule has 0 radical (unpaired) electrons. The third kappa shape index (κ3) is 3.22. The zero-order valence-corrected chi connectivity index (χ0v) is 9.74. The molecule has 7 heteroatoms. The summed E-state index contributed by atoms with van der Waals surface area (Å²) in [5.74, 6) is -0.365. The molecule has 0 saturated heterocycles. The molecule has 0 aliphatic heterocycles. The summed E-state index contributed by atoms with van der Waals surface area (Å²) >= 11 is 5.30. The molecule has 1 aromatic carbocycles. The topological polar surface area (TPSA) is 57.5 Å². The number of alkyl halides is 4. The van der Waals surface area contributed by atoms with E-state index < -0.39 is 23.9 Å². The van der Waals surface area contributed by atoms with Crippen LogP contribution in [0.4, 0.5) is 13.2 Å². The maximum Gasteiger partial charge on any atom is 0.416 e. The second kappa shape index (κ2) is 5.69. The Labute approximate surface area is 106 Å². The predicted octanol–water partition coefficient (Wildman–Crippen LogP) is 2.15. The van der Waals surface area contributed by atoms with Gasteiger partial charge >= 0.3 is 6.18 Å². The Morgan fingerprint density at radius 1 is 1.33 bits per heavy atom. The van der Waals surface area contributed by atoms with E-state index in [1.54, 1.807) is 0 Å². The molecule has 0 fully saturated rings. The molecule has 18 heavy (non-hydrogen) atoms. The molecule has 2 atom stereocenters. The fourth-order valence-electron chi connectivity index (χ4n) is 1.41. The highest BCUT2D eigenvalue weighted by molar-refractivity contribution is 6.18. The monoisotopic (exact) mass is 282 g/mol. The minimum Gasteiger partial charge on any atom is -0.389 e. The van der Waals surface area contributed by atoms with Crippen molar-refractivity contribution in [3.8, 4) is 0 Å². The SMILES string of the molecule is O=Cc1ccc(C(F)(F)F)cc1C(O)C(O)CCl. The van der Waals surface area contributed by atoms with Crippen LogP contribution in [0, 0.1) is 0 Å². The molecule has 1 aromatic rings. The lowest BCUT2D eigenvalue weighted by Crippen LogP contribution is -2.21. The molecule has 2 unspecified atom stereocenters. The summed E-state index contributed by atoms with van der Waals surface area (Å²) in [6, 6.07) is 2.30. The van der Waals surface area contributed by atoms with Crippen LogP contribution in [0.1, 0.15) is 27.6 Å². The van der Waals surface area contributed by atoms with Gasteiger partial charge in [-0.25, -0.2) is 0 Å². The second-order valence-electron chi connectivity index (χ2n) is 3.63. The molecule has 1 rings (SSSR count). The van der Waals surface area contributed by atoms with Gasteiger partial charge in [0.25, 0.3) is 0 Å². The number of hydrogen-bond acceptors (Lipinski definition) is 3. The van der Waals surface area contributed by atoms with Crippen molar-refractivity contribution in [3.05, 3.63) is 34.9 Å². The van der Waals surface area contributed by atoms with Crippen molar-refractivity contribution < 1.29 is 28.2 Å². The average Bonchev–Trinajstić information content (AvgIpc) is 2.35. The first-order chi connectivity index (χ1) is 8.31. The van der Waals surface area contributed by atoms with Crippen molar-refractivity contribution in [2.45, 2.75) is 18.4 Å². The highest BCUT2D eigenvalue weighted by Gasteiger charge is 2.32. The van der Waals surface area contributed by atoms with Gasteiger partial charge in [-0.05, 0) is 17.7 Å². The maximum atomic E-state index is 12.5. The Bertz CT molecular complexity index is 434. The molecule has 0 aliphatic rings. The number of halogens is 4. The van der Waals surface area contributed by atoms with Crippen LogP contribution in [0.3, 0.4) is 0 Å². The lowest BCUT2D eigenvalue weighted by atomic mass is 9.97. The quantitative estimate of drug-likeness (QED) is 0.657. The molecule has 3 nitrogen and oxygen atoms in total. The first-order valence-electron chi connectivity index (χ1n) is 4.89. The average molecular weight is 283 g/mol.